The van der Waals surface area contributed by atoms with E-state index in [1.807, 2.05) is 17.0 Å². The summed E-state index contributed by atoms with van der Waals surface area (Å²) in [5, 5.41) is 0.621. The molecule has 1 aromatic carbocycles. The number of halogens is 1. The number of piperazine rings is 1. The van der Waals surface area contributed by atoms with Crippen LogP contribution in [0.2, 0.25) is 5.02 Å². The number of piperidine rings is 1. The molecule has 0 aromatic heterocycles. The first-order valence-corrected chi connectivity index (χ1v) is 8.49. The molecule has 0 bridgehead atoms. The Bertz CT molecular complexity index is 520. The van der Waals surface area contributed by atoms with Gasteiger partial charge in [-0.05, 0) is 51.2 Å². The van der Waals surface area contributed by atoms with Crippen LogP contribution in [-0.4, -0.2) is 73.0 Å². The molecule has 3 rings (SSSR count). The normalized spacial score (nSPS) is 22.0. The number of rotatable bonds is 2. The summed E-state index contributed by atoms with van der Waals surface area (Å²) in [4.78, 5) is 19.4. The van der Waals surface area contributed by atoms with Crippen molar-refractivity contribution in [2.24, 2.45) is 0 Å². The van der Waals surface area contributed by atoms with Gasteiger partial charge in [0.2, 0.25) is 0 Å². The molecule has 22 heavy (non-hydrogen) atoms. The molecule has 0 spiro atoms. The minimum absolute atomic E-state index is 0.102. The summed E-state index contributed by atoms with van der Waals surface area (Å²) in [5.74, 6) is 0.102. The highest BCUT2D eigenvalue weighted by molar-refractivity contribution is 6.30. The van der Waals surface area contributed by atoms with Crippen LogP contribution < -0.4 is 0 Å². The minimum atomic E-state index is 0.102. The highest BCUT2D eigenvalue weighted by Crippen LogP contribution is 2.19. The van der Waals surface area contributed by atoms with E-state index in [2.05, 4.69) is 16.8 Å². The summed E-state index contributed by atoms with van der Waals surface area (Å²) in [6.45, 7) is 5.98. The SMILES string of the molecule is CN1CCC(N2CCN(C(=O)c3cccc(Cl)c3)CC2)CC1. The molecule has 0 saturated carbocycles. The van der Waals surface area contributed by atoms with Gasteiger partial charge in [-0.15, -0.1) is 0 Å². The molecule has 0 radical (unpaired) electrons. The molecule has 2 heterocycles. The Morgan fingerprint density at radius 3 is 2.41 bits per heavy atom. The quantitative estimate of drug-likeness (QED) is 0.835. The van der Waals surface area contributed by atoms with Gasteiger partial charge >= 0.3 is 0 Å². The van der Waals surface area contributed by atoms with Crippen molar-refractivity contribution in [3.63, 3.8) is 0 Å². The van der Waals surface area contributed by atoms with Crippen LogP contribution in [0.4, 0.5) is 0 Å². The lowest BCUT2D eigenvalue weighted by Gasteiger charge is -2.42. The number of carbonyl (C=O) groups is 1. The third-order valence-electron chi connectivity index (χ3n) is 4.88. The van der Waals surface area contributed by atoms with E-state index >= 15 is 0 Å². The largest absolute Gasteiger partial charge is 0.336 e. The number of carbonyl (C=O) groups excluding carboxylic acids is 1. The average Bonchev–Trinajstić information content (AvgIpc) is 2.55. The number of nitrogens with zero attached hydrogens (tertiary/aromatic N) is 3. The van der Waals surface area contributed by atoms with Crippen molar-refractivity contribution in [3.8, 4) is 0 Å². The Hall–Kier alpha value is -1.10. The number of hydrogen-bond donors (Lipinski definition) is 0. The minimum Gasteiger partial charge on any atom is -0.336 e. The van der Waals surface area contributed by atoms with Crippen molar-refractivity contribution in [2.75, 3.05) is 46.3 Å². The molecule has 2 aliphatic heterocycles. The zero-order valence-corrected chi connectivity index (χ0v) is 13.9. The van der Waals surface area contributed by atoms with Crippen molar-refractivity contribution < 1.29 is 4.79 Å². The van der Waals surface area contributed by atoms with Gasteiger partial charge in [0, 0.05) is 42.8 Å². The van der Waals surface area contributed by atoms with Gasteiger partial charge in [0.15, 0.2) is 0 Å². The third-order valence-corrected chi connectivity index (χ3v) is 5.11. The van der Waals surface area contributed by atoms with E-state index in [0.717, 1.165) is 26.2 Å². The maximum atomic E-state index is 12.5. The maximum absolute atomic E-state index is 12.5. The molecular weight excluding hydrogens is 298 g/mol. The molecular formula is C17H24ClN3O. The Balaban J connectivity index is 1.54. The molecule has 0 aliphatic carbocycles. The van der Waals surface area contributed by atoms with Crippen LogP contribution in [0.25, 0.3) is 0 Å². The number of amides is 1. The van der Waals surface area contributed by atoms with E-state index in [0.29, 0.717) is 16.6 Å². The van der Waals surface area contributed by atoms with E-state index in [-0.39, 0.29) is 5.91 Å². The number of hydrogen-bond acceptors (Lipinski definition) is 3. The highest BCUT2D eigenvalue weighted by Gasteiger charge is 2.28. The lowest BCUT2D eigenvalue weighted by molar-refractivity contribution is 0.0475. The number of likely N-dealkylation sites (tertiary alicyclic amines) is 1. The van der Waals surface area contributed by atoms with Crippen LogP contribution >= 0.6 is 11.6 Å². The van der Waals surface area contributed by atoms with Gasteiger partial charge in [-0.3, -0.25) is 9.69 Å². The second-order valence-corrected chi connectivity index (χ2v) is 6.81. The fourth-order valence-electron chi connectivity index (χ4n) is 3.45. The average molecular weight is 322 g/mol. The van der Waals surface area contributed by atoms with Gasteiger partial charge in [-0.2, -0.15) is 0 Å². The van der Waals surface area contributed by atoms with Gasteiger partial charge in [-0.25, -0.2) is 0 Å². The van der Waals surface area contributed by atoms with E-state index < -0.39 is 0 Å². The molecule has 2 aliphatic rings. The van der Waals surface area contributed by atoms with Crippen LogP contribution in [0.15, 0.2) is 24.3 Å². The highest BCUT2D eigenvalue weighted by atomic mass is 35.5. The first-order chi connectivity index (χ1) is 10.6. The second-order valence-electron chi connectivity index (χ2n) is 6.37. The van der Waals surface area contributed by atoms with E-state index in [9.17, 15) is 4.79 Å². The molecule has 2 fully saturated rings. The molecule has 1 aromatic rings. The van der Waals surface area contributed by atoms with Gasteiger partial charge in [0.1, 0.15) is 0 Å². The fourth-order valence-corrected chi connectivity index (χ4v) is 3.64. The van der Waals surface area contributed by atoms with Crippen LogP contribution in [0.5, 0.6) is 0 Å². The van der Waals surface area contributed by atoms with Crippen molar-refractivity contribution in [3.05, 3.63) is 34.9 Å². The van der Waals surface area contributed by atoms with Gasteiger partial charge in [0.25, 0.3) is 5.91 Å². The monoisotopic (exact) mass is 321 g/mol. The van der Waals surface area contributed by atoms with Crippen molar-refractivity contribution in [1.29, 1.82) is 0 Å². The summed E-state index contributed by atoms with van der Waals surface area (Å²) < 4.78 is 0. The zero-order chi connectivity index (χ0) is 15.5. The van der Waals surface area contributed by atoms with E-state index in [1.165, 1.54) is 25.9 Å². The third kappa shape index (κ3) is 3.62. The molecule has 0 unspecified atom stereocenters. The first kappa shape index (κ1) is 15.8. The lowest BCUT2D eigenvalue weighted by atomic mass is 10.0. The molecule has 5 heteroatoms. The predicted octanol–water partition coefficient (Wildman–Crippen LogP) is 2.19. The van der Waals surface area contributed by atoms with E-state index in [4.69, 9.17) is 11.6 Å². The van der Waals surface area contributed by atoms with E-state index in [1.54, 1.807) is 12.1 Å². The zero-order valence-electron chi connectivity index (χ0n) is 13.2. The van der Waals surface area contributed by atoms with Gasteiger partial charge < -0.3 is 9.80 Å². The predicted molar refractivity (Wildman–Crippen MR) is 89.4 cm³/mol. The Morgan fingerprint density at radius 1 is 1.09 bits per heavy atom. The fraction of sp³-hybridized carbons (Fsp3) is 0.588. The molecule has 0 atom stereocenters. The van der Waals surface area contributed by atoms with Crippen molar-refractivity contribution in [2.45, 2.75) is 18.9 Å². The van der Waals surface area contributed by atoms with Crippen LogP contribution in [0.1, 0.15) is 23.2 Å². The Kier molecular flexibility index (Phi) is 5.01. The van der Waals surface area contributed by atoms with Gasteiger partial charge in [-0.1, -0.05) is 17.7 Å². The summed E-state index contributed by atoms with van der Waals surface area (Å²) in [7, 11) is 2.19. The Labute approximate surface area is 137 Å². The Morgan fingerprint density at radius 2 is 1.77 bits per heavy atom. The second kappa shape index (κ2) is 6.99. The van der Waals surface area contributed by atoms with Crippen molar-refractivity contribution in [1.82, 2.24) is 14.7 Å². The number of benzene rings is 1. The summed E-state index contributed by atoms with van der Waals surface area (Å²) in [6.07, 6.45) is 2.50. The molecule has 1 amide bonds. The lowest BCUT2D eigenvalue weighted by Crippen LogP contribution is -2.54. The standard InChI is InChI=1S/C17H24ClN3O/c1-19-7-5-16(6-8-19)20-9-11-21(12-10-20)17(22)14-3-2-4-15(18)13-14/h2-4,13,16H,5-12H2,1H3. The van der Waals surface area contributed by atoms with Gasteiger partial charge in [0.05, 0.1) is 0 Å². The molecule has 2 saturated heterocycles. The smallest absolute Gasteiger partial charge is 0.253 e. The maximum Gasteiger partial charge on any atom is 0.253 e. The van der Waals surface area contributed by atoms with Crippen LogP contribution in [0, 0.1) is 0 Å². The van der Waals surface area contributed by atoms with Crippen LogP contribution in [-0.2, 0) is 0 Å². The summed E-state index contributed by atoms with van der Waals surface area (Å²) in [5.41, 5.74) is 0.695. The summed E-state index contributed by atoms with van der Waals surface area (Å²) >= 11 is 5.98. The molecule has 0 N–H and O–H groups in total. The topological polar surface area (TPSA) is 26.8 Å². The van der Waals surface area contributed by atoms with Crippen molar-refractivity contribution >= 4 is 17.5 Å². The summed E-state index contributed by atoms with van der Waals surface area (Å²) in [6, 6.07) is 7.94. The molecule has 4 nitrogen and oxygen atoms in total. The molecule has 120 valence electrons. The van der Waals surface area contributed by atoms with Crippen LogP contribution in [0.3, 0.4) is 0 Å². The first-order valence-electron chi connectivity index (χ1n) is 8.11.